The molecule has 1 saturated heterocycles. The molecule has 5 rings (SSSR count). The summed E-state index contributed by atoms with van der Waals surface area (Å²) in [6.07, 6.45) is 4.69. The lowest BCUT2D eigenvalue weighted by Gasteiger charge is -2.40. The first-order valence-electron chi connectivity index (χ1n) is 10.3. The van der Waals surface area contributed by atoms with Gasteiger partial charge in [0.25, 0.3) is 5.91 Å². The van der Waals surface area contributed by atoms with Crippen molar-refractivity contribution in [3.05, 3.63) is 66.5 Å². The molecule has 1 N–H and O–H groups in total. The molecule has 152 valence electrons. The van der Waals surface area contributed by atoms with E-state index < -0.39 is 6.10 Å². The standard InChI is InChI=1S/C23H23N5O2/c29-23(21-7-5-18-3-1-2-4-20(18)30-21)25-13-16-14-28(15-16)22-8-6-19(26-27-22)17-9-11-24-12-10-17/h1-4,6,8-12,16,21H,5,7,13-15H2,(H,25,29). The van der Waals surface area contributed by atoms with Crippen LogP contribution in [-0.2, 0) is 11.2 Å². The highest BCUT2D eigenvalue weighted by Gasteiger charge is 2.30. The molecule has 2 aliphatic rings. The van der Waals surface area contributed by atoms with Gasteiger partial charge in [-0.05, 0) is 48.7 Å². The first kappa shape index (κ1) is 18.5. The van der Waals surface area contributed by atoms with Gasteiger partial charge in [-0.25, -0.2) is 0 Å². The summed E-state index contributed by atoms with van der Waals surface area (Å²) in [7, 11) is 0. The number of hydrogen-bond acceptors (Lipinski definition) is 6. The van der Waals surface area contributed by atoms with Crippen LogP contribution in [0.3, 0.4) is 0 Å². The molecule has 2 aliphatic heterocycles. The highest BCUT2D eigenvalue weighted by Crippen LogP contribution is 2.27. The topological polar surface area (TPSA) is 80.2 Å². The van der Waals surface area contributed by atoms with Gasteiger partial charge in [-0.2, -0.15) is 0 Å². The number of benzene rings is 1. The molecule has 1 unspecified atom stereocenters. The maximum atomic E-state index is 12.5. The molecular formula is C23H23N5O2. The monoisotopic (exact) mass is 401 g/mol. The second kappa shape index (κ2) is 8.10. The van der Waals surface area contributed by atoms with Crippen molar-refractivity contribution in [2.45, 2.75) is 18.9 Å². The van der Waals surface area contributed by atoms with Crippen LogP contribution in [0.5, 0.6) is 5.75 Å². The molecule has 1 amide bonds. The van der Waals surface area contributed by atoms with Gasteiger partial charge in [-0.1, -0.05) is 18.2 Å². The third-order valence-corrected chi connectivity index (χ3v) is 5.68. The van der Waals surface area contributed by atoms with Crippen molar-refractivity contribution in [2.75, 3.05) is 24.5 Å². The summed E-state index contributed by atoms with van der Waals surface area (Å²) in [5.41, 5.74) is 3.01. The number of rotatable bonds is 5. The van der Waals surface area contributed by atoms with Crippen LogP contribution in [-0.4, -0.2) is 46.8 Å². The van der Waals surface area contributed by atoms with Gasteiger partial charge in [0.1, 0.15) is 5.75 Å². The Morgan fingerprint density at radius 1 is 1.07 bits per heavy atom. The number of aryl methyl sites for hydroxylation is 1. The minimum absolute atomic E-state index is 0.0237. The summed E-state index contributed by atoms with van der Waals surface area (Å²) in [6.45, 7) is 2.37. The van der Waals surface area contributed by atoms with E-state index >= 15 is 0 Å². The first-order chi connectivity index (χ1) is 14.8. The van der Waals surface area contributed by atoms with E-state index in [1.807, 2.05) is 42.5 Å². The summed E-state index contributed by atoms with van der Waals surface area (Å²) in [5.74, 6) is 2.08. The number of ether oxygens (including phenoxy) is 1. The Bertz CT molecular complexity index is 1020. The van der Waals surface area contributed by atoms with Gasteiger partial charge >= 0.3 is 0 Å². The molecule has 30 heavy (non-hydrogen) atoms. The van der Waals surface area contributed by atoms with Crippen LogP contribution in [0.25, 0.3) is 11.3 Å². The number of nitrogens with zero attached hydrogens (tertiary/aromatic N) is 4. The third-order valence-electron chi connectivity index (χ3n) is 5.68. The number of carbonyl (C=O) groups is 1. The molecule has 0 spiro atoms. The Morgan fingerprint density at radius 3 is 2.70 bits per heavy atom. The molecule has 7 nitrogen and oxygen atoms in total. The van der Waals surface area contributed by atoms with Gasteiger partial charge in [0, 0.05) is 43.5 Å². The van der Waals surface area contributed by atoms with Gasteiger partial charge in [0.2, 0.25) is 0 Å². The van der Waals surface area contributed by atoms with E-state index in [4.69, 9.17) is 4.74 Å². The summed E-state index contributed by atoms with van der Waals surface area (Å²) in [4.78, 5) is 18.7. The fourth-order valence-electron chi connectivity index (χ4n) is 3.92. The lowest BCUT2D eigenvalue weighted by molar-refractivity contribution is -0.128. The van der Waals surface area contributed by atoms with Crippen molar-refractivity contribution in [2.24, 2.45) is 5.92 Å². The van der Waals surface area contributed by atoms with Crippen molar-refractivity contribution >= 4 is 11.7 Å². The number of hydrogen-bond donors (Lipinski definition) is 1. The molecule has 0 saturated carbocycles. The number of nitrogens with one attached hydrogen (secondary N) is 1. The second-order valence-electron chi connectivity index (χ2n) is 7.78. The van der Waals surface area contributed by atoms with Crippen molar-refractivity contribution in [1.82, 2.24) is 20.5 Å². The van der Waals surface area contributed by atoms with Crippen molar-refractivity contribution < 1.29 is 9.53 Å². The van der Waals surface area contributed by atoms with Gasteiger partial charge in [0.05, 0.1) is 5.69 Å². The van der Waals surface area contributed by atoms with Gasteiger partial charge in [-0.3, -0.25) is 9.78 Å². The molecule has 4 heterocycles. The maximum absolute atomic E-state index is 12.5. The predicted molar refractivity (Wildman–Crippen MR) is 113 cm³/mol. The van der Waals surface area contributed by atoms with Crippen LogP contribution >= 0.6 is 0 Å². The average molecular weight is 401 g/mol. The number of anilines is 1. The van der Waals surface area contributed by atoms with Crippen LogP contribution in [0.15, 0.2) is 60.9 Å². The van der Waals surface area contributed by atoms with Crippen LogP contribution < -0.4 is 15.0 Å². The number of fused-ring (bicyclic) bond motifs is 1. The SMILES string of the molecule is O=C(NCC1CN(c2ccc(-c3ccncc3)nn2)C1)C1CCc2ccccc2O1. The number of aromatic nitrogens is 3. The van der Waals surface area contributed by atoms with Crippen molar-refractivity contribution in [3.63, 3.8) is 0 Å². The van der Waals surface area contributed by atoms with E-state index in [2.05, 4.69) is 31.5 Å². The Balaban J connectivity index is 1.09. The van der Waals surface area contributed by atoms with E-state index in [1.165, 1.54) is 5.56 Å². The van der Waals surface area contributed by atoms with Crippen LogP contribution in [0.2, 0.25) is 0 Å². The fourth-order valence-corrected chi connectivity index (χ4v) is 3.92. The average Bonchev–Trinajstić information content (AvgIpc) is 2.78. The van der Waals surface area contributed by atoms with E-state index in [9.17, 15) is 4.79 Å². The van der Waals surface area contributed by atoms with Crippen molar-refractivity contribution in [1.29, 1.82) is 0 Å². The molecule has 1 fully saturated rings. The van der Waals surface area contributed by atoms with Gasteiger partial charge in [-0.15, -0.1) is 10.2 Å². The molecule has 2 aromatic heterocycles. The van der Waals surface area contributed by atoms with Gasteiger partial charge in [0.15, 0.2) is 11.9 Å². The number of carbonyl (C=O) groups excluding carboxylic acids is 1. The van der Waals surface area contributed by atoms with E-state index in [0.717, 1.165) is 48.8 Å². The fraction of sp³-hybridized carbons (Fsp3) is 0.304. The lowest BCUT2D eigenvalue weighted by atomic mass is 9.99. The van der Waals surface area contributed by atoms with Crippen LogP contribution in [0.1, 0.15) is 12.0 Å². The first-order valence-corrected chi connectivity index (χ1v) is 10.3. The van der Waals surface area contributed by atoms with Gasteiger partial charge < -0.3 is 15.0 Å². The number of amides is 1. The molecule has 1 atom stereocenters. The van der Waals surface area contributed by atoms with Crippen LogP contribution in [0, 0.1) is 5.92 Å². The molecule has 7 heteroatoms. The van der Waals surface area contributed by atoms with E-state index in [0.29, 0.717) is 12.5 Å². The smallest absolute Gasteiger partial charge is 0.261 e. The zero-order valence-corrected chi connectivity index (χ0v) is 16.6. The molecule has 1 aromatic carbocycles. The third kappa shape index (κ3) is 3.83. The minimum Gasteiger partial charge on any atom is -0.480 e. The van der Waals surface area contributed by atoms with Crippen LogP contribution in [0.4, 0.5) is 5.82 Å². The number of para-hydroxylation sites is 1. The highest BCUT2D eigenvalue weighted by molar-refractivity contribution is 5.81. The predicted octanol–water partition coefficient (Wildman–Crippen LogP) is 2.48. The normalized spacial score (nSPS) is 18.1. The Labute approximate surface area is 175 Å². The summed E-state index contributed by atoms with van der Waals surface area (Å²) < 4.78 is 5.87. The molecule has 0 radical (unpaired) electrons. The summed E-state index contributed by atoms with van der Waals surface area (Å²) in [6, 6.07) is 15.7. The second-order valence-corrected chi connectivity index (χ2v) is 7.78. The minimum atomic E-state index is -0.400. The largest absolute Gasteiger partial charge is 0.480 e. The maximum Gasteiger partial charge on any atom is 0.261 e. The molecule has 0 aliphatic carbocycles. The van der Waals surface area contributed by atoms with Crippen molar-refractivity contribution in [3.8, 4) is 17.0 Å². The highest BCUT2D eigenvalue weighted by atomic mass is 16.5. The zero-order valence-electron chi connectivity index (χ0n) is 16.6. The summed E-state index contributed by atoms with van der Waals surface area (Å²) in [5, 5.41) is 11.7. The Morgan fingerprint density at radius 2 is 1.90 bits per heavy atom. The quantitative estimate of drug-likeness (QED) is 0.708. The molecule has 3 aromatic rings. The lowest BCUT2D eigenvalue weighted by Crippen LogP contribution is -2.53. The Hall–Kier alpha value is -3.48. The molecular weight excluding hydrogens is 378 g/mol. The number of pyridine rings is 1. The molecule has 0 bridgehead atoms. The zero-order chi connectivity index (χ0) is 20.3. The Kier molecular flexibility index (Phi) is 5.01. The van der Waals surface area contributed by atoms with E-state index in [1.54, 1.807) is 12.4 Å². The summed E-state index contributed by atoms with van der Waals surface area (Å²) >= 11 is 0. The van der Waals surface area contributed by atoms with E-state index in [-0.39, 0.29) is 5.91 Å².